The Morgan fingerprint density at radius 3 is 2.80 bits per heavy atom. The van der Waals surface area contributed by atoms with Crippen LogP contribution >= 0.6 is 0 Å². The van der Waals surface area contributed by atoms with E-state index in [4.69, 9.17) is 4.74 Å². The summed E-state index contributed by atoms with van der Waals surface area (Å²) in [5, 5.41) is 2.73. The molecule has 0 unspecified atom stereocenters. The summed E-state index contributed by atoms with van der Waals surface area (Å²) < 4.78 is 7.18. The van der Waals surface area contributed by atoms with E-state index in [9.17, 15) is 4.91 Å². The normalized spacial score (nSPS) is 11.7. The first-order chi connectivity index (χ1) is 7.01. The minimum absolute atomic E-state index is 0.198. The first-order valence-electron chi connectivity index (χ1n) is 4.94. The standard InChI is InChI=1S/C9H17N3O2Si/c1-15(2,3)5-4-14-8-12-6-9(11-13)10-7-12/h6-7H,4-5,8H2,1-3H3. The fourth-order valence-corrected chi connectivity index (χ4v) is 1.77. The Balaban J connectivity index is 2.23. The van der Waals surface area contributed by atoms with Gasteiger partial charge in [-0.25, -0.2) is 4.98 Å². The molecular formula is C9H17N3O2Si. The van der Waals surface area contributed by atoms with Gasteiger partial charge in [0.15, 0.2) is 0 Å². The molecule has 1 aromatic heterocycles. The van der Waals surface area contributed by atoms with Crippen LogP contribution in [0.5, 0.6) is 0 Å². The van der Waals surface area contributed by atoms with Crippen molar-refractivity contribution in [3.05, 3.63) is 17.4 Å². The van der Waals surface area contributed by atoms with Crippen LogP contribution in [-0.2, 0) is 11.5 Å². The summed E-state index contributed by atoms with van der Waals surface area (Å²) in [7, 11) is -1.02. The van der Waals surface area contributed by atoms with Gasteiger partial charge in [-0.3, -0.25) is 0 Å². The molecule has 0 aliphatic heterocycles. The van der Waals surface area contributed by atoms with Gasteiger partial charge in [-0.15, -0.1) is 4.91 Å². The van der Waals surface area contributed by atoms with Crippen molar-refractivity contribution in [3.63, 3.8) is 0 Å². The quantitative estimate of drug-likeness (QED) is 0.426. The summed E-state index contributed by atoms with van der Waals surface area (Å²) in [6.45, 7) is 8.12. The summed E-state index contributed by atoms with van der Waals surface area (Å²) in [5.74, 6) is 0.198. The highest BCUT2D eigenvalue weighted by molar-refractivity contribution is 6.76. The van der Waals surface area contributed by atoms with Crippen molar-refractivity contribution in [2.45, 2.75) is 32.4 Å². The molecule has 0 fully saturated rings. The van der Waals surface area contributed by atoms with Crippen LogP contribution in [-0.4, -0.2) is 24.2 Å². The highest BCUT2D eigenvalue weighted by atomic mass is 28.3. The third-order valence-electron chi connectivity index (χ3n) is 1.95. The van der Waals surface area contributed by atoms with Crippen LogP contribution in [0.2, 0.25) is 25.7 Å². The highest BCUT2D eigenvalue weighted by Crippen LogP contribution is 2.09. The molecule has 1 rings (SSSR count). The van der Waals surface area contributed by atoms with Gasteiger partial charge in [-0.2, -0.15) is 0 Å². The Labute approximate surface area is 90.4 Å². The second kappa shape index (κ2) is 5.18. The molecule has 0 saturated carbocycles. The van der Waals surface area contributed by atoms with Gasteiger partial charge < -0.3 is 9.30 Å². The molecular weight excluding hydrogens is 210 g/mol. The highest BCUT2D eigenvalue weighted by Gasteiger charge is 2.11. The van der Waals surface area contributed by atoms with E-state index in [0.717, 1.165) is 12.7 Å². The van der Waals surface area contributed by atoms with Crippen molar-refractivity contribution in [1.82, 2.24) is 9.55 Å². The van der Waals surface area contributed by atoms with Gasteiger partial charge in [-0.05, 0) is 11.2 Å². The van der Waals surface area contributed by atoms with Crippen LogP contribution in [0.15, 0.2) is 17.7 Å². The second-order valence-electron chi connectivity index (χ2n) is 4.69. The van der Waals surface area contributed by atoms with Crippen molar-refractivity contribution in [3.8, 4) is 0 Å². The monoisotopic (exact) mass is 227 g/mol. The lowest BCUT2D eigenvalue weighted by molar-refractivity contribution is 0.0871. The summed E-state index contributed by atoms with van der Waals surface area (Å²) in [6, 6.07) is 1.14. The molecule has 15 heavy (non-hydrogen) atoms. The van der Waals surface area contributed by atoms with Gasteiger partial charge in [-0.1, -0.05) is 19.6 Å². The van der Waals surface area contributed by atoms with E-state index in [1.807, 2.05) is 0 Å². The Morgan fingerprint density at radius 1 is 1.53 bits per heavy atom. The second-order valence-corrected chi connectivity index (χ2v) is 10.3. The Bertz CT molecular complexity index is 319. The van der Waals surface area contributed by atoms with E-state index in [1.54, 1.807) is 17.1 Å². The zero-order valence-corrected chi connectivity index (χ0v) is 10.4. The summed E-state index contributed by atoms with van der Waals surface area (Å²) in [6.07, 6.45) is 3.12. The van der Waals surface area contributed by atoms with Gasteiger partial charge in [0.2, 0.25) is 5.82 Å². The molecule has 0 N–H and O–H groups in total. The average molecular weight is 227 g/mol. The molecule has 1 heterocycles. The zero-order chi connectivity index (χ0) is 11.3. The number of hydrogen-bond acceptors (Lipinski definition) is 4. The van der Waals surface area contributed by atoms with Crippen LogP contribution in [0.4, 0.5) is 5.82 Å². The molecule has 0 saturated heterocycles. The fraction of sp³-hybridized carbons (Fsp3) is 0.667. The lowest BCUT2D eigenvalue weighted by atomic mass is 10.8. The molecule has 0 aliphatic carbocycles. The molecule has 0 spiro atoms. The zero-order valence-electron chi connectivity index (χ0n) is 9.43. The fourth-order valence-electron chi connectivity index (χ4n) is 1.01. The van der Waals surface area contributed by atoms with E-state index in [-0.39, 0.29) is 5.82 Å². The van der Waals surface area contributed by atoms with E-state index in [2.05, 4.69) is 29.8 Å². The topological polar surface area (TPSA) is 56.5 Å². The van der Waals surface area contributed by atoms with Gasteiger partial charge in [0.05, 0.1) is 12.5 Å². The first kappa shape index (κ1) is 12.1. The molecule has 0 bridgehead atoms. The Hall–Kier alpha value is -1.01. The number of nitroso groups, excluding NO2 is 1. The number of aromatic nitrogens is 2. The van der Waals surface area contributed by atoms with Crippen LogP contribution in [0.1, 0.15) is 0 Å². The minimum Gasteiger partial charge on any atom is -0.361 e. The first-order valence-corrected chi connectivity index (χ1v) is 8.65. The lowest BCUT2D eigenvalue weighted by Gasteiger charge is -2.15. The molecule has 0 aliphatic rings. The van der Waals surface area contributed by atoms with Crippen molar-refractivity contribution < 1.29 is 4.74 Å². The molecule has 0 atom stereocenters. The maximum atomic E-state index is 10.1. The molecule has 0 amide bonds. The summed E-state index contributed by atoms with van der Waals surface area (Å²) in [4.78, 5) is 13.9. The van der Waals surface area contributed by atoms with Gasteiger partial charge >= 0.3 is 0 Å². The number of imidazole rings is 1. The minimum atomic E-state index is -1.02. The molecule has 0 aromatic carbocycles. The third kappa shape index (κ3) is 4.85. The SMILES string of the molecule is C[Si](C)(C)CCOCn1cnc(N=O)c1. The van der Waals surface area contributed by atoms with Crippen molar-refractivity contribution in [2.24, 2.45) is 5.18 Å². The molecule has 6 heteroatoms. The lowest BCUT2D eigenvalue weighted by Crippen LogP contribution is -2.21. The number of nitrogens with zero attached hydrogens (tertiary/aromatic N) is 3. The Kier molecular flexibility index (Phi) is 4.16. The largest absolute Gasteiger partial charge is 0.361 e. The van der Waals surface area contributed by atoms with Crippen LogP contribution in [0.3, 0.4) is 0 Å². The number of rotatable bonds is 6. The van der Waals surface area contributed by atoms with Gasteiger partial charge in [0.25, 0.3) is 0 Å². The van der Waals surface area contributed by atoms with Crippen molar-refractivity contribution in [1.29, 1.82) is 0 Å². The molecule has 1 aromatic rings. The summed E-state index contributed by atoms with van der Waals surface area (Å²) in [5.41, 5.74) is 0. The summed E-state index contributed by atoms with van der Waals surface area (Å²) >= 11 is 0. The van der Waals surface area contributed by atoms with Gasteiger partial charge in [0, 0.05) is 14.7 Å². The van der Waals surface area contributed by atoms with E-state index in [1.165, 1.54) is 0 Å². The van der Waals surface area contributed by atoms with Crippen molar-refractivity contribution >= 4 is 13.9 Å². The molecule has 5 nitrogen and oxygen atoms in total. The van der Waals surface area contributed by atoms with E-state index >= 15 is 0 Å². The maximum Gasteiger partial charge on any atom is 0.214 e. The average Bonchev–Trinajstić information content (AvgIpc) is 2.59. The number of hydrogen-bond donors (Lipinski definition) is 0. The van der Waals surface area contributed by atoms with E-state index in [0.29, 0.717) is 6.73 Å². The van der Waals surface area contributed by atoms with Gasteiger partial charge in [0.1, 0.15) is 6.73 Å². The Morgan fingerprint density at radius 2 is 2.27 bits per heavy atom. The number of ether oxygens (including phenoxy) is 1. The molecule has 0 radical (unpaired) electrons. The molecule has 84 valence electrons. The van der Waals surface area contributed by atoms with E-state index < -0.39 is 8.07 Å². The van der Waals surface area contributed by atoms with Crippen LogP contribution in [0, 0.1) is 4.91 Å². The maximum absolute atomic E-state index is 10.1. The smallest absolute Gasteiger partial charge is 0.214 e. The van der Waals surface area contributed by atoms with Crippen molar-refractivity contribution in [2.75, 3.05) is 6.61 Å². The third-order valence-corrected chi connectivity index (χ3v) is 3.65. The van der Waals surface area contributed by atoms with Crippen LogP contribution < -0.4 is 0 Å². The van der Waals surface area contributed by atoms with Crippen LogP contribution in [0.25, 0.3) is 0 Å². The predicted molar refractivity (Wildman–Crippen MR) is 61.8 cm³/mol. The predicted octanol–water partition coefficient (Wildman–Crippen LogP) is 2.59.